The van der Waals surface area contributed by atoms with Crippen LogP contribution in [0.15, 0.2) is 84.9 Å². The Hall–Kier alpha value is -3.22. The van der Waals surface area contributed by atoms with E-state index in [2.05, 4.69) is 0 Å². The molecule has 0 bridgehead atoms. The number of fused-ring (bicyclic) bond motifs is 1. The van der Waals surface area contributed by atoms with Crippen molar-refractivity contribution in [2.45, 2.75) is 51.9 Å². The van der Waals surface area contributed by atoms with Crippen LogP contribution in [0.4, 0.5) is 23.2 Å². The van der Waals surface area contributed by atoms with Crippen LogP contribution in [-0.2, 0) is 0 Å². The summed E-state index contributed by atoms with van der Waals surface area (Å²) in [6.07, 6.45) is 0.0248. The van der Waals surface area contributed by atoms with Crippen LogP contribution >= 0.6 is 0 Å². The van der Waals surface area contributed by atoms with Crippen LogP contribution < -0.4 is 14.4 Å². The summed E-state index contributed by atoms with van der Waals surface area (Å²) in [6.45, 7) is 8.08. The lowest BCUT2D eigenvalue weighted by atomic mass is 10.1. The van der Waals surface area contributed by atoms with Crippen LogP contribution in [-0.4, -0.2) is 31.7 Å². The van der Waals surface area contributed by atoms with Gasteiger partial charge in [-0.3, -0.25) is 0 Å². The third-order valence-electron chi connectivity index (χ3n) is 5.27. The summed E-state index contributed by atoms with van der Waals surface area (Å²) in [7, 11) is 0. The van der Waals surface area contributed by atoms with Gasteiger partial charge in [0, 0.05) is 12.1 Å². The highest BCUT2D eigenvalue weighted by Gasteiger charge is 2.57. The predicted molar refractivity (Wildman–Crippen MR) is 138 cm³/mol. The van der Waals surface area contributed by atoms with Crippen molar-refractivity contribution >= 4 is 5.69 Å². The van der Waals surface area contributed by atoms with Crippen LogP contribution in [0, 0.1) is 0 Å². The number of halogens is 4. The highest BCUT2D eigenvalue weighted by molar-refractivity contribution is 5.49. The zero-order valence-electron chi connectivity index (χ0n) is 21.3. The average Bonchev–Trinajstić information content (AvgIpc) is 3.30. The molecule has 0 amide bonds. The monoisotopic (exact) mass is 505 g/mol. The Bertz CT molecular complexity index is 985. The van der Waals surface area contributed by atoms with Gasteiger partial charge in [-0.05, 0) is 29.8 Å². The minimum atomic E-state index is -2.48. The standard InChI is InChI=1S/C9H9F2N.C9H8F2.C7H6O2.2C2H6/c10-9(11)6-12(7-9)8-4-2-1-3-5-8;10-9(11)6-8(9)7-4-2-1-3-5-7;1-2-4-7-6(3-1)8-5-9-7;2*1-2/h1-5H,6-7H2;1-5,8H,6H2;1-4H,5H2;2*1-2H3. The van der Waals surface area contributed by atoms with Gasteiger partial charge in [-0.25, -0.2) is 17.6 Å². The van der Waals surface area contributed by atoms with Crippen molar-refractivity contribution in [1.82, 2.24) is 0 Å². The Labute approximate surface area is 211 Å². The fourth-order valence-corrected chi connectivity index (χ4v) is 3.44. The first kappa shape index (κ1) is 29.0. The Morgan fingerprint density at radius 3 is 1.50 bits per heavy atom. The molecule has 1 saturated heterocycles. The van der Waals surface area contributed by atoms with Crippen LogP contribution in [0.25, 0.3) is 0 Å². The van der Waals surface area contributed by atoms with Crippen molar-refractivity contribution in [2.24, 2.45) is 0 Å². The van der Waals surface area contributed by atoms with Crippen molar-refractivity contribution in [1.29, 1.82) is 0 Å². The molecule has 3 nitrogen and oxygen atoms in total. The number of benzene rings is 3. The van der Waals surface area contributed by atoms with Crippen LogP contribution in [0.5, 0.6) is 11.5 Å². The second kappa shape index (κ2) is 13.8. The molecule has 2 aliphatic heterocycles. The van der Waals surface area contributed by atoms with E-state index < -0.39 is 17.8 Å². The number of rotatable bonds is 2. The lowest BCUT2D eigenvalue weighted by Gasteiger charge is -2.40. The number of hydrogen-bond donors (Lipinski definition) is 0. The van der Waals surface area contributed by atoms with Gasteiger partial charge < -0.3 is 14.4 Å². The molecular weight excluding hydrogens is 470 g/mol. The summed E-state index contributed by atoms with van der Waals surface area (Å²) in [5.41, 5.74) is 1.64. The van der Waals surface area contributed by atoms with E-state index in [0.717, 1.165) is 22.7 Å². The maximum absolute atomic E-state index is 12.5. The molecule has 0 aromatic heterocycles. The zero-order valence-corrected chi connectivity index (χ0v) is 21.3. The van der Waals surface area contributed by atoms with Crippen molar-refractivity contribution < 1.29 is 27.0 Å². The van der Waals surface area contributed by atoms with Gasteiger partial charge in [-0.2, -0.15) is 0 Å². The number of alkyl halides is 4. The molecule has 3 aromatic carbocycles. The van der Waals surface area contributed by atoms with E-state index in [0.29, 0.717) is 6.79 Å². The second-order valence-electron chi connectivity index (χ2n) is 7.83. The molecule has 196 valence electrons. The van der Waals surface area contributed by atoms with Gasteiger partial charge in [0.25, 0.3) is 11.8 Å². The third kappa shape index (κ3) is 8.47. The lowest BCUT2D eigenvalue weighted by molar-refractivity contribution is -0.0262. The summed E-state index contributed by atoms with van der Waals surface area (Å²) in [4.78, 5) is 1.67. The van der Waals surface area contributed by atoms with Crippen molar-refractivity contribution in [2.75, 3.05) is 24.8 Å². The highest BCUT2D eigenvalue weighted by atomic mass is 19.3. The van der Waals surface area contributed by atoms with Crippen molar-refractivity contribution in [3.63, 3.8) is 0 Å². The van der Waals surface area contributed by atoms with E-state index in [1.54, 1.807) is 29.2 Å². The average molecular weight is 506 g/mol. The molecule has 2 fully saturated rings. The number of hydrogen-bond acceptors (Lipinski definition) is 3. The molecule has 0 N–H and O–H groups in total. The highest BCUT2D eigenvalue weighted by Crippen LogP contribution is 2.55. The van der Waals surface area contributed by atoms with Crippen LogP contribution in [0.3, 0.4) is 0 Å². The summed E-state index contributed by atoms with van der Waals surface area (Å²) < 4.78 is 60.0. The molecule has 0 radical (unpaired) electrons. The van der Waals surface area contributed by atoms with E-state index in [1.807, 2.05) is 88.4 Å². The van der Waals surface area contributed by atoms with E-state index in [9.17, 15) is 17.6 Å². The molecule has 3 aromatic rings. The fraction of sp³-hybridized carbons (Fsp3) is 0.379. The minimum absolute atomic E-state index is 0.0248. The van der Waals surface area contributed by atoms with Crippen molar-refractivity contribution in [3.05, 3.63) is 90.5 Å². The summed E-state index contributed by atoms with van der Waals surface area (Å²) in [5.74, 6) is -3.73. The first-order chi connectivity index (χ1) is 17.3. The molecule has 1 aliphatic carbocycles. The van der Waals surface area contributed by atoms with E-state index in [1.165, 1.54) is 0 Å². The Kier molecular flexibility index (Phi) is 11.1. The third-order valence-corrected chi connectivity index (χ3v) is 5.27. The molecule has 3 aliphatic rings. The quantitative estimate of drug-likeness (QED) is 0.326. The smallest absolute Gasteiger partial charge is 0.282 e. The predicted octanol–water partition coefficient (Wildman–Crippen LogP) is 8.42. The van der Waals surface area contributed by atoms with E-state index in [4.69, 9.17) is 9.47 Å². The van der Waals surface area contributed by atoms with E-state index in [-0.39, 0.29) is 19.5 Å². The zero-order chi connectivity index (χ0) is 26.6. The number of ether oxygens (including phenoxy) is 2. The van der Waals surface area contributed by atoms with Crippen LogP contribution in [0.2, 0.25) is 0 Å². The van der Waals surface area contributed by atoms with Gasteiger partial charge in [0.05, 0.1) is 19.0 Å². The van der Waals surface area contributed by atoms with Gasteiger partial charge in [0.15, 0.2) is 11.5 Å². The minimum Gasteiger partial charge on any atom is -0.454 e. The molecule has 0 spiro atoms. The summed E-state index contributed by atoms with van der Waals surface area (Å²) in [6, 6.07) is 25.8. The first-order valence-corrected chi connectivity index (χ1v) is 12.3. The second-order valence-corrected chi connectivity index (χ2v) is 7.83. The SMILES string of the molecule is CC.CC.FC1(F)CC1c1ccccc1.FC1(F)CN(c2ccccc2)C1.c1ccc2c(c1)OCO2. The Morgan fingerprint density at radius 2 is 1.08 bits per heavy atom. The number of nitrogens with zero attached hydrogens (tertiary/aromatic N) is 1. The van der Waals surface area contributed by atoms with Crippen molar-refractivity contribution in [3.8, 4) is 11.5 Å². The molecule has 7 heteroatoms. The topological polar surface area (TPSA) is 21.7 Å². The molecule has 1 saturated carbocycles. The molecule has 36 heavy (non-hydrogen) atoms. The molecular formula is C29H35F4NO2. The summed E-state index contributed by atoms with van der Waals surface area (Å²) in [5, 5.41) is 0. The molecule has 6 rings (SSSR count). The molecule has 2 heterocycles. The molecule has 1 atom stereocenters. The largest absolute Gasteiger partial charge is 0.454 e. The summed E-state index contributed by atoms with van der Waals surface area (Å²) >= 11 is 0. The lowest BCUT2D eigenvalue weighted by Crippen LogP contribution is -2.56. The van der Waals surface area contributed by atoms with Gasteiger partial charge in [-0.1, -0.05) is 88.4 Å². The number of para-hydroxylation sites is 3. The van der Waals surface area contributed by atoms with Crippen LogP contribution in [0.1, 0.15) is 45.6 Å². The number of anilines is 1. The first-order valence-electron chi connectivity index (χ1n) is 12.3. The Balaban J connectivity index is 0.000000179. The van der Waals surface area contributed by atoms with Gasteiger partial charge in [-0.15, -0.1) is 0 Å². The normalized spacial score (nSPS) is 18.7. The van der Waals surface area contributed by atoms with Gasteiger partial charge >= 0.3 is 0 Å². The van der Waals surface area contributed by atoms with E-state index >= 15 is 0 Å². The van der Waals surface area contributed by atoms with Gasteiger partial charge in [0.2, 0.25) is 6.79 Å². The fourth-order valence-electron chi connectivity index (χ4n) is 3.44. The maximum atomic E-state index is 12.5. The van der Waals surface area contributed by atoms with Gasteiger partial charge in [0.1, 0.15) is 0 Å². The molecule has 1 unspecified atom stereocenters. The Morgan fingerprint density at radius 1 is 0.667 bits per heavy atom. The maximum Gasteiger partial charge on any atom is 0.282 e.